The Hall–Kier alpha value is -1.61. The topological polar surface area (TPSA) is 41.6 Å². The Balaban J connectivity index is 2.35. The Bertz CT molecular complexity index is 367. The number of nitrogens with two attached hydrogens (primary N) is 1. The van der Waals surface area contributed by atoms with Gasteiger partial charge in [-0.3, -0.25) is 0 Å². The van der Waals surface area contributed by atoms with Crippen LogP contribution in [0.2, 0.25) is 0 Å². The quantitative estimate of drug-likeness (QED) is 0.719. The second kappa shape index (κ2) is 3.64. The fourth-order valence-corrected chi connectivity index (χ4v) is 1.46. The fourth-order valence-electron chi connectivity index (χ4n) is 1.46. The minimum Gasteiger partial charge on any atom is -0.346 e. The Morgan fingerprint density at radius 2 is 2.00 bits per heavy atom. The van der Waals surface area contributed by atoms with Crippen molar-refractivity contribution >= 4 is 11.9 Å². The van der Waals surface area contributed by atoms with Gasteiger partial charge in [-0.25, -0.2) is 4.99 Å². The molecule has 1 aliphatic rings. The molecule has 0 amide bonds. The first-order valence-electron chi connectivity index (χ1n) is 4.55. The molecule has 0 fully saturated rings. The van der Waals surface area contributed by atoms with E-state index in [1.807, 2.05) is 48.5 Å². The van der Waals surface area contributed by atoms with Crippen molar-refractivity contribution in [3.63, 3.8) is 0 Å². The summed E-state index contributed by atoms with van der Waals surface area (Å²) in [6.07, 6.45) is 3.45. The molecule has 2 N–H and O–H groups in total. The van der Waals surface area contributed by atoms with E-state index in [0.717, 1.165) is 11.1 Å². The van der Waals surface area contributed by atoms with Crippen LogP contribution < -0.4 is 5.73 Å². The van der Waals surface area contributed by atoms with E-state index < -0.39 is 0 Å². The van der Waals surface area contributed by atoms with Gasteiger partial charge >= 0.3 is 0 Å². The molecule has 1 unspecified atom stereocenters. The van der Waals surface area contributed by atoms with Crippen LogP contribution in [0.25, 0.3) is 5.57 Å². The number of nitrogens with zero attached hydrogens (tertiary/aromatic N) is 2. The number of hydrogen-bond donors (Lipinski definition) is 1. The minimum absolute atomic E-state index is 0.102. The number of hydrogen-bond acceptors (Lipinski definition) is 3. The third-order valence-electron chi connectivity index (χ3n) is 2.33. The van der Waals surface area contributed by atoms with Gasteiger partial charge in [-0.15, -0.1) is 0 Å². The van der Waals surface area contributed by atoms with E-state index in [9.17, 15) is 0 Å². The molecule has 1 heterocycles. The normalized spacial score (nSPS) is 20.9. The monoisotopic (exact) mass is 187 g/mol. The van der Waals surface area contributed by atoms with Crippen LogP contribution in [0.1, 0.15) is 5.56 Å². The second-order valence-electron chi connectivity index (χ2n) is 3.33. The molecule has 0 aliphatic carbocycles. The summed E-state index contributed by atoms with van der Waals surface area (Å²) in [5, 5.41) is 0. The van der Waals surface area contributed by atoms with Crippen molar-refractivity contribution in [1.29, 1.82) is 0 Å². The summed E-state index contributed by atoms with van der Waals surface area (Å²) in [7, 11) is 1.92. The van der Waals surface area contributed by atoms with Crippen molar-refractivity contribution < 1.29 is 0 Å². The smallest absolute Gasteiger partial charge is 0.106 e. The predicted molar refractivity (Wildman–Crippen MR) is 58.6 cm³/mol. The summed E-state index contributed by atoms with van der Waals surface area (Å²) < 4.78 is 0. The van der Waals surface area contributed by atoms with E-state index in [0.29, 0.717) is 0 Å². The molecular weight excluding hydrogens is 174 g/mol. The summed E-state index contributed by atoms with van der Waals surface area (Å²) in [5.41, 5.74) is 8.20. The maximum atomic E-state index is 6.02. The van der Waals surface area contributed by atoms with Gasteiger partial charge in [0.25, 0.3) is 0 Å². The molecule has 72 valence electrons. The molecular formula is C11H13N3. The van der Waals surface area contributed by atoms with Gasteiger partial charge in [0, 0.05) is 18.8 Å². The van der Waals surface area contributed by atoms with Crippen LogP contribution in [-0.2, 0) is 0 Å². The zero-order chi connectivity index (χ0) is 9.97. The van der Waals surface area contributed by atoms with Crippen LogP contribution in [0.4, 0.5) is 0 Å². The van der Waals surface area contributed by atoms with Gasteiger partial charge in [0.05, 0.1) is 6.34 Å². The van der Waals surface area contributed by atoms with Gasteiger partial charge in [-0.05, 0) is 5.56 Å². The van der Waals surface area contributed by atoms with E-state index >= 15 is 0 Å². The maximum Gasteiger partial charge on any atom is 0.106 e. The summed E-state index contributed by atoms with van der Waals surface area (Å²) in [6.45, 7) is 0. The average Bonchev–Trinajstić information content (AvgIpc) is 2.23. The van der Waals surface area contributed by atoms with E-state index in [2.05, 4.69) is 4.99 Å². The number of aliphatic imine (C=N–C) groups is 1. The van der Waals surface area contributed by atoms with Gasteiger partial charge in [-0.1, -0.05) is 30.3 Å². The first-order chi connectivity index (χ1) is 6.79. The zero-order valence-corrected chi connectivity index (χ0v) is 8.09. The van der Waals surface area contributed by atoms with Crippen LogP contribution in [0.15, 0.2) is 41.5 Å². The van der Waals surface area contributed by atoms with Crippen molar-refractivity contribution in [3.05, 3.63) is 42.1 Å². The molecule has 1 atom stereocenters. The first kappa shape index (κ1) is 8.97. The highest BCUT2D eigenvalue weighted by Gasteiger charge is 2.16. The van der Waals surface area contributed by atoms with E-state index in [4.69, 9.17) is 5.73 Å². The average molecular weight is 187 g/mol. The fraction of sp³-hybridized carbons (Fsp3) is 0.182. The highest BCUT2D eigenvalue weighted by molar-refractivity contribution is 5.75. The largest absolute Gasteiger partial charge is 0.346 e. The van der Waals surface area contributed by atoms with E-state index in [1.165, 1.54) is 0 Å². The number of likely N-dealkylation sites (N-methyl/N-ethyl adjacent to an activating group) is 1. The van der Waals surface area contributed by atoms with Crippen LogP contribution in [-0.4, -0.2) is 24.5 Å². The molecule has 1 aliphatic heterocycles. The Labute approximate surface area is 83.6 Å². The standard InChI is InChI=1S/C11H13N3/c1-14-8-13-7-10(11(14)12)9-5-3-2-4-6-9/h2-8,11H,12H2,1H3. The Morgan fingerprint density at radius 1 is 1.29 bits per heavy atom. The minimum atomic E-state index is -0.102. The van der Waals surface area contributed by atoms with Crippen molar-refractivity contribution in [3.8, 4) is 0 Å². The van der Waals surface area contributed by atoms with Gasteiger partial charge in [0.15, 0.2) is 0 Å². The van der Waals surface area contributed by atoms with Crippen LogP contribution in [0, 0.1) is 0 Å². The van der Waals surface area contributed by atoms with Crippen LogP contribution in [0.5, 0.6) is 0 Å². The molecule has 1 aromatic rings. The van der Waals surface area contributed by atoms with Crippen LogP contribution in [0.3, 0.4) is 0 Å². The first-order valence-corrected chi connectivity index (χ1v) is 4.55. The molecule has 0 radical (unpaired) electrons. The van der Waals surface area contributed by atoms with Crippen molar-refractivity contribution in [2.75, 3.05) is 7.05 Å². The molecule has 3 nitrogen and oxygen atoms in total. The zero-order valence-electron chi connectivity index (χ0n) is 8.09. The molecule has 0 aromatic heterocycles. The van der Waals surface area contributed by atoms with Gasteiger partial charge in [-0.2, -0.15) is 0 Å². The van der Waals surface area contributed by atoms with Crippen molar-refractivity contribution in [2.45, 2.75) is 6.17 Å². The third-order valence-corrected chi connectivity index (χ3v) is 2.33. The summed E-state index contributed by atoms with van der Waals surface area (Å²) in [4.78, 5) is 6.02. The summed E-state index contributed by atoms with van der Waals surface area (Å²) in [6, 6.07) is 10.1. The molecule has 0 saturated heterocycles. The Morgan fingerprint density at radius 3 is 2.71 bits per heavy atom. The van der Waals surface area contributed by atoms with E-state index in [1.54, 1.807) is 6.34 Å². The number of rotatable bonds is 1. The highest BCUT2D eigenvalue weighted by atomic mass is 15.2. The molecule has 14 heavy (non-hydrogen) atoms. The van der Waals surface area contributed by atoms with Crippen LogP contribution >= 0.6 is 0 Å². The lowest BCUT2D eigenvalue weighted by atomic mass is 10.0. The lowest BCUT2D eigenvalue weighted by molar-refractivity contribution is 0.454. The number of benzene rings is 1. The lowest BCUT2D eigenvalue weighted by Gasteiger charge is -2.27. The van der Waals surface area contributed by atoms with E-state index in [-0.39, 0.29) is 6.17 Å². The molecule has 2 rings (SSSR count). The SMILES string of the molecule is CN1C=NC=C(c2ccccc2)C1N. The third kappa shape index (κ3) is 1.54. The van der Waals surface area contributed by atoms with Crippen molar-refractivity contribution in [2.24, 2.45) is 10.7 Å². The summed E-state index contributed by atoms with van der Waals surface area (Å²) >= 11 is 0. The van der Waals surface area contributed by atoms with Gasteiger partial charge in [0.1, 0.15) is 6.17 Å². The summed E-state index contributed by atoms with van der Waals surface area (Å²) in [5.74, 6) is 0. The molecule has 0 saturated carbocycles. The van der Waals surface area contributed by atoms with Gasteiger partial charge in [0.2, 0.25) is 0 Å². The molecule has 0 bridgehead atoms. The van der Waals surface area contributed by atoms with Crippen molar-refractivity contribution in [1.82, 2.24) is 4.90 Å². The molecule has 0 spiro atoms. The molecule has 1 aromatic carbocycles. The second-order valence-corrected chi connectivity index (χ2v) is 3.33. The highest BCUT2D eigenvalue weighted by Crippen LogP contribution is 2.20. The molecule has 3 heteroatoms. The Kier molecular flexibility index (Phi) is 2.33. The maximum absolute atomic E-state index is 6.02. The predicted octanol–water partition coefficient (Wildman–Crippen LogP) is 1.29. The lowest BCUT2D eigenvalue weighted by Crippen LogP contribution is -2.40. The van der Waals surface area contributed by atoms with Gasteiger partial charge < -0.3 is 10.6 Å².